The van der Waals surface area contributed by atoms with Crippen molar-refractivity contribution in [1.29, 1.82) is 0 Å². The lowest BCUT2D eigenvalue weighted by atomic mass is 10.00. The second kappa shape index (κ2) is 7.61. The van der Waals surface area contributed by atoms with Crippen LogP contribution in [0.25, 0.3) is 10.9 Å². The molecule has 2 aliphatic rings. The van der Waals surface area contributed by atoms with Gasteiger partial charge in [-0.25, -0.2) is 0 Å². The molecule has 1 unspecified atom stereocenters. The third kappa shape index (κ3) is 3.88. The number of aromatic amines is 1. The Hall–Kier alpha value is -1.90. The van der Waals surface area contributed by atoms with Gasteiger partial charge in [0.1, 0.15) is 5.69 Å². The molecular weight excluding hydrogens is 364 g/mol. The fraction of sp³-hybridized carbons (Fsp3) is 0.526. The number of hydrogen-bond acceptors (Lipinski definition) is 3. The van der Waals surface area contributed by atoms with E-state index in [9.17, 15) is 13.2 Å². The van der Waals surface area contributed by atoms with Gasteiger partial charge >= 0.3 is 0 Å². The summed E-state index contributed by atoms with van der Waals surface area (Å²) in [6, 6.07) is 9.61. The zero-order valence-corrected chi connectivity index (χ0v) is 16.2. The van der Waals surface area contributed by atoms with E-state index < -0.39 is 10.2 Å². The molecule has 2 aliphatic heterocycles. The van der Waals surface area contributed by atoms with Gasteiger partial charge in [-0.3, -0.25) is 4.79 Å². The van der Waals surface area contributed by atoms with E-state index in [2.05, 4.69) is 10.3 Å². The molecule has 0 saturated carbocycles. The molecule has 2 fully saturated rings. The molecule has 0 radical (unpaired) electrons. The molecule has 0 spiro atoms. The van der Waals surface area contributed by atoms with E-state index in [-0.39, 0.29) is 11.8 Å². The molecule has 2 saturated heterocycles. The van der Waals surface area contributed by atoms with E-state index in [0.29, 0.717) is 38.4 Å². The number of hydrogen-bond donors (Lipinski definition) is 2. The van der Waals surface area contributed by atoms with Gasteiger partial charge in [-0.1, -0.05) is 18.2 Å². The average molecular weight is 391 g/mol. The number of aromatic nitrogens is 1. The van der Waals surface area contributed by atoms with Crippen LogP contribution >= 0.6 is 0 Å². The largest absolute Gasteiger partial charge is 0.351 e. The Morgan fingerprint density at radius 2 is 1.85 bits per heavy atom. The molecule has 0 bridgehead atoms. The maximum atomic E-state index is 12.8. The Labute approximate surface area is 159 Å². The Morgan fingerprint density at radius 1 is 1.11 bits per heavy atom. The number of piperidine rings is 1. The zero-order valence-electron chi connectivity index (χ0n) is 15.4. The molecule has 146 valence electrons. The van der Waals surface area contributed by atoms with Crippen molar-refractivity contribution >= 4 is 27.0 Å². The van der Waals surface area contributed by atoms with Crippen LogP contribution in [-0.2, 0) is 10.2 Å². The number of carbonyl (C=O) groups is 1. The predicted molar refractivity (Wildman–Crippen MR) is 105 cm³/mol. The van der Waals surface area contributed by atoms with Gasteiger partial charge in [-0.05, 0) is 43.7 Å². The van der Waals surface area contributed by atoms with E-state index >= 15 is 0 Å². The molecule has 2 N–H and O–H groups in total. The molecule has 3 heterocycles. The summed E-state index contributed by atoms with van der Waals surface area (Å²) in [5.74, 6) is -0.00446. The highest BCUT2D eigenvalue weighted by atomic mass is 32.2. The summed E-state index contributed by atoms with van der Waals surface area (Å²) in [4.78, 5) is 15.6. The van der Waals surface area contributed by atoms with Crippen LogP contribution in [0, 0.1) is 5.92 Å². The van der Waals surface area contributed by atoms with E-state index in [4.69, 9.17) is 0 Å². The summed E-state index contributed by atoms with van der Waals surface area (Å²) in [7, 11) is -3.35. The monoisotopic (exact) mass is 390 g/mol. The number of para-hydroxylation sites is 1. The Bertz CT molecular complexity index is 885. The minimum Gasteiger partial charge on any atom is -0.351 e. The lowest BCUT2D eigenvalue weighted by molar-refractivity contribution is 0.0937. The molecule has 4 rings (SSSR count). The van der Waals surface area contributed by atoms with Gasteiger partial charge in [-0.15, -0.1) is 0 Å². The SMILES string of the molecule is O=C(NCC1CCCN(S(=O)(=O)N2CCCC2)C1)c1cc2ccccc2[nH]1. The molecule has 1 atom stereocenters. The molecule has 1 amide bonds. The first-order chi connectivity index (χ1) is 13.0. The van der Waals surface area contributed by atoms with E-state index in [1.54, 1.807) is 8.61 Å². The molecule has 7 nitrogen and oxygen atoms in total. The van der Waals surface area contributed by atoms with Gasteiger partial charge in [-0.2, -0.15) is 17.0 Å². The van der Waals surface area contributed by atoms with Gasteiger partial charge in [0, 0.05) is 43.6 Å². The molecule has 1 aromatic heterocycles. The molecule has 2 aromatic rings. The molecule has 0 aliphatic carbocycles. The highest BCUT2D eigenvalue weighted by Gasteiger charge is 2.34. The molecule has 27 heavy (non-hydrogen) atoms. The van der Waals surface area contributed by atoms with Crippen molar-refractivity contribution in [1.82, 2.24) is 18.9 Å². The first-order valence-electron chi connectivity index (χ1n) is 9.65. The number of fused-ring (bicyclic) bond motifs is 1. The van der Waals surface area contributed by atoms with E-state index in [0.717, 1.165) is 36.6 Å². The minimum absolute atomic E-state index is 0.143. The maximum Gasteiger partial charge on any atom is 0.281 e. The van der Waals surface area contributed by atoms with Crippen LogP contribution in [0.2, 0.25) is 0 Å². The minimum atomic E-state index is -3.35. The number of carbonyl (C=O) groups excluding carboxylic acids is 1. The van der Waals surface area contributed by atoms with Crippen LogP contribution in [0.1, 0.15) is 36.2 Å². The Kier molecular flexibility index (Phi) is 5.21. The van der Waals surface area contributed by atoms with Crippen LogP contribution in [0.4, 0.5) is 0 Å². The van der Waals surface area contributed by atoms with Crippen LogP contribution in [0.15, 0.2) is 30.3 Å². The number of benzene rings is 1. The first-order valence-corrected chi connectivity index (χ1v) is 11.0. The molecule has 8 heteroatoms. The van der Waals surface area contributed by atoms with Crippen molar-refractivity contribution in [2.45, 2.75) is 25.7 Å². The zero-order chi connectivity index (χ0) is 18.9. The predicted octanol–water partition coefficient (Wildman–Crippen LogP) is 1.95. The Morgan fingerprint density at radius 3 is 2.63 bits per heavy atom. The van der Waals surface area contributed by atoms with Gasteiger partial charge in [0.05, 0.1) is 0 Å². The molecular formula is C19H26N4O3S. The third-order valence-electron chi connectivity index (χ3n) is 5.53. The summed E-state index contributed by atoms with van der Waals surface area (Å²) in [6.45, 7) is 2.79. The topological polar surface area (TPSA) is 85.5 Å². The van der Waals surface area contributed by atoms with Crippen LogP contribution < -0.4 is 5.32 Å². The first kappa shape index (κ1) is 18.5. The second-order valence-corrected chi connectivity index (χ2v) is 9.39. The average Bonchev–Trinajstić information content (AvgIpc) is 3.36. The van der Waals surface area contributed by atoms with Crippen molar-refractivity contribution in [2.75, 3.05) is 32.7 Å². The van der Waals surface area contributed by atoms with Crippen molar-refractivity contribution in [3.8, 4) is 0 Å². The van der Waals surface area contributed by atoms with E-state index in [1.165, 1.54) is 0 Å². The Balaban J connectivity index is 1.35. The van der Waals surface area contributed by atoms with E-state index in [1.807, 2.05) is 30.3 Å². The number of rotatable bonds is 5. The van der Waals surface area contributed by atoms with Gasteiger partial charge in [0.15, 0.2) is 0 Å². The van der Waals surface area contributed by atoms with Crippen LogP contribution in [-0.4, -0.2) is 60.6 Å². The maximum absolute atomic E-state index is 12.8. The highest BCUT2D eigenvalue weighted by Crippen LogP contribution is 2.23. The second-order valence-electron chi connectivity index (χ2n) is 7.46. The number of nitrogens with one attached hydrogen (secondary N) is 2. The van der Waals surface area contributed by atoms with Crippen molar-refractivity contribution < 1.29 is 13.2 Å². The van der Waals surface area contributed by atoms with Crippen LogP contribution in [0.5, 0.6) is 0 Å². The quantitative estimate of drug-likeness (QED) is 0.818. The summed E-state index contributed by atoms with van der Waals surface area (Å²) >= 11 is 0. The summed E-state index contributed by atoms with van der Waals surface area (Å²) in [5, 5.41) is 3.97. The summed E-state index contributed by atoms with van der Waals surface area (Å²) in [5.41, 5.74) is 1.47. The number of nitrogens with zero attached hydrogens (tertiary/aromatic N) is 2. The summed E-state index contributed by atoms with van der Waals surface area (Å²) in [6.07, 6.45) is 3.65. The lowest BCUT2D eigenvalue weighted by Gasteiger charge is -2.34. The standard InChI is InChI=1S/C19H26N4O3S/c24-19(18-12-16-7-1-2-8-17(16)21-18)20-13-15-6-5-11-23(14-15)27(25,26)22-9-3-4-10-22/h1-2,7-8,12,15,21H,3-6,9-11,13-14H2,(H,20,24). The van der Waals surface area contributed by atoms with Crippen molar-refractivity contribution in [3.05, 3.63) is 36.0 Å². The van der Waals surface area contributed by atoms with Crippen molar-refractivity contribution in [3.63, 3.8) is 0 Å². The lowest BCUT2D eigenvalue weighted by Crippen LogP contribution is -2.48. The fourth-order valence-electron chi connectivity index (χ4n) is 4.01. The smallest absolute Gasteiger partial charge is 0.281 e. The van der Waals surface area contributed by atoms with Gasteiger partial charge in [0.25, 0.3) is 16.1 Å². The number of H-pyrrole nitrogens is 1. The van der Waals surface area contributed by atoms with Crippen molar-refractivity contribution in [2.24, 2.45) is 5.92 Å². The summed E-state index contributed by atoms with van der Waals surface area (Å²) < 4.78 is 28.7. The fourth-order valence-corrected chi connectivity index (χ4v) is 5.82. The number of amides is 1. The normalized spacial score (nSPS) is 22.3. The van der Waals surface area contributed by atoms with Gasteiger partial charge < -0.3 is 10.3 Å². The third-order valence-corrected chi connectivity index (χ3v) is 7.53. The molecule has 1 aromatic carbocycles. The van der Waals surface area contributed by atoms with Crippen LogP contribution in [0.3, 0.4) is 0 Å². The van der Waals surface area contributed by atoms with Gasteiger partial charge in [0.2, 0.25) is 0 Å². The highest BCUT2D eigenvalue weighted by molar-refractivity contribution is 7.86.